The average Bonchev–Trinajstić information content (AvgIpc) is 3.26. The fraction of sp³-hybridized carbons (Fsp3) is 0.400. The fourth-order valence-electron chi connectivity index (χ4n) is 2.67. The van der Waals surface area contributed by atoms with Crippen LogP contribution in [0.2, 0.25) is 0 Å². The molecular formula is C15H16N2O4. The van der Waals surface area contributed by atoms with Gasteiger partial charge in [-0.15, -0.1) is 0 Å². The molecule has 0 atom stereocenters. The van der Waals surface area contributed by atoms with E-state index in [-0.39, 0.29) is 24.9 Å². The summed E-state index contributed by atoms with van der Waals surface area (Å²) >= 11 is 0. The highest BCUT2D eigenvalue weighted by Gasteiger charge is 2.51. The average molecular weight is 288 g/mol. The molecule has 6 heteroatoms. The highest BCUT2D eigenvalue weighted by molar-refractivity contribution is 6.02. The first-order valence-corrected chi connectivity index (χ1v) is 6.82. The smallest absolute Gasteiger partial charge is 0.314 e. The zero-order chi connectivity index (χ0) is 15.2. The number of carbonyl (C=O) groups excluding carboxylic acids is 2. The van der Waals surface area contributed by atoms with E-state index < -0.39 is 11.4 Å². The maximum absolute atomic E-state index is 11.8. The predicted octanol–water partition coefficient (Wildman–Crippen LogP) is 0.608. The number of carboxylic acid groups (broad SMARTS) is 1. The molecule has 0 unspecified atom stereocenters. The Labute approximate surface area is 122 Å². The lowest BCUT2D eigenvalue weighted by molar-refractivity contribution is -0.144. The van der Waals surface area contributed by atoms with Gasteiger partial charge in [-0.05, 0) is 30.5 Å². The molecule has 1 saturated carbocycles. The van der Waals surface area contributed by atoms with E-state index in [1.165, 1.54) is 7.05 Å². The van der Waals surface area contributed by atoms with Crippen molar-refractivity contribution in [2.24, 2.45) is 0 Å². The van der Waals surface area contributed by atoms with Gasteiger partial charge in [-0.1, -0.05) is 12.1 Å². The van der Waals surface area contributed by atoms with Gasteiger partial charge in [-0.3, -0.25) is 19.3 Å². The van der Waals surface area contributed by atoms with Crippen molar-refractivity contribution in [1.82, 2.24) is 4.90 Å². The number of hydrogen-bond donors (Lipinski definition) is 1. The van der Waals surface area contributed by atoms with E-state index in [0.717, 1.165) is 16.2 Å². The number of rotatable bonds is 3. The quantitative estimate of drug-likeness (QED) is 0.824. The van der Waals surface area contributed by atoms with Crippen LogP contribution < -0.4 is 4.90 Å². The van der Waals surface area contributed by atoms with Crippen molar-refractivity contribution in [3.63, 3.8) is 0 Å². The largest absolute Gasteiger partial charge is 0.481 e. The summed E-state index contributed by atoms with van der Waals surface area (Å²) < 4.78 is 0. The zero-order valence-corrected chi connectivity index (χ0v) is 11.7. The summed E-state index contributed by atoms with van der Waals surface area (Å²) in [6.45, 7) is 0.261. The summed E-state index contributed by atoms with van der Waals surface area (Å²) in [4.78, 5) is 37.7. The van der Waals surface area contributed by atoms with Crippen LogP contribution in [0.1, 0.15) is 18.4 Å². The summed E-state index contributed by atoms with van der Waals surface area (Å²) in [6.07, 6.45) is 1.26. The van der Waals surface area contributed by atoms with Crippen LogP contribution in [0, 0.1) is 0 Å². The second-order valence-electron chi connectivity index (χ2n) is 5.64. The molecule has 6 nitrogen and oxygen atoms in total. The Kier molecular flexibility index (Phi) is 2.97. The van der Waals surface area contributed by atoms with Crippen molar-refractivity contribution in [2.75, 3.05) is 25.0 Å². The number of aliphatic carboxylic acids is 1. The van der Waals surface area contributed by atoms with Crippen molar-refractivity contribution < 1.29 is 19.5 Å². The molecular weight excluding hydrogens is 272 g/mol. The van der Waals surface area contributed by atoms with Crippen LogP contribution in [0.15, 0.2) is 24.3 Å². The van der Waals surface area contributed by atoms with E-state index in [4.69, 9.17) is 0 Å². The molecule has 110 valence electrons. The topological polar surface area (TPSA) is 77.9 Å². The molecule has 1 saturated heterocycles. The van der Waals surface area contributed by atoms with Crippen molar-refractivity contribution >= 4 is 23.5 Å². The third kappa shape index (κ3) is 2.16. The fourth-order valence-corrected chi connectivity index (χ4v) is 2.67. The first-order valence-electron chi connectivity index (χ1n) is 6.82. The van der Waals surface area contributed by atoms with Crippen LogP contribution >= 0.6 is 0 Å². The van der Waals surface area contributed by atoms with Gasteiger partial charge in [-0.2, -0.15) is 0 Å². The Morgan fingerprint density at radius 1 is 1.19 bits per heavy atom. The second-order valence-corrected chi connectivity index (χ2v) is 5.64. The first-order chi connectivity index (χ1) is 9.94. The number of benzene rings is 1. The minimum Gasteiger partial charge on any atom is -0.481 e. The second kappa shape index (κ2) is 4.58. The summed E-state index contributed by atoms with van der Waals surface area (Å²) in [5.74, 6) is -1.32. The molecule has 0 bridgehead atoms. The van der Waals surface area contributed by atoms with Gasteiger partial charge in [0.1, 0.15) is 0 Å². The van der Waals surface area contributed by atoms with Gasteiger partial charge in [0.05, 0.1) is 18.5 Å². The molecule has 1 aliphatic carbocycles. The molecule has 2 amide bonds. The summed E-state index contributed by atoms with van der Waals surface area (Å²) in [5, 5.41) is 9.35. The third-order valence-corrected chi connectivity index (χ3v) is 4.32. The molecule has 0 spiro atoms. The lowest BCUT2D eigenvalue weighted by Crippen LogP contribution is -2.52. The minimum atomic E-state index is -0.815. The number of hydrogen-bond acceptors (Lipinski definition) is 4. The van der Waals surface area contributed by atoms with Crippen LogP contribution in [-0.2, 0) is 19.8 Å². The van der Waals surface area contributed by atoms with E-state index >= 15 is 0 Å². The SMILES string of the molecule is CN1C(=O)CN(c2cccc(C3(C(=O)O)CC3)c2)CC1=O. The van der Waals surface area contributed by atoms with E-state index in [9.17, 15) is 19.5 Å². The Hall–Kier alpha value is -2.37. The predicted molar refractivity (Wildman–Crippen MR) is 75.0 cm³/mol. The Balaban J connectivity index is 1.89. The number of carbonyl (C=O) groups is 3. The van der Waals surface area contributed by atoms with E-state index in [1.807, 2.05) is 0 Å². The van der Waals surface area contributed by atoms with Crippen molar-refractivity contribution in [2.45, 2.75) is 18.3 Å². The number of likely N-dealkylation sites (N-methyl/N-ethyl adjacent to an activating group) is 1. The van der Waals surface area contributed by atoms with Crippen LogP contribution in [-0.4, -0.2) is 47.9 Å². The molecule has 1 aliphatic heterocycles. The van der Waals surface area contributed by atoms with E-state index in [0.29, 0.717) is 12.8 Å². The Bertz CT molecular complexity index is 618. The summed E-state index contributed by atoms with van der Waals surface area (Å²) in [6, 6.07) is 7.16. The molecule has 2 aliphatic rings. The number of nitrogens with zero attached hydrogens (tertiary/aromatic N) is 2. The molecule has 1 aromatic carbocycles. The Morgan fingerprint density at radius 3 is 2.33 bits per heavy atom. The summed E-state index contributed by atoms with van der Waals surface area (Å²) in [5.41, 5.74) is 0.678. The van der Waals surface area contributed by atoms with Crippen molar-refractivity contribution in [3.8, 4) is 0 Å². The Morgan fingerprint density at radius 2 is 1.81 bits per heavy atom. The van der Waals surface area contributed by atoms with Crippen LogP contribution in [0.4, 0.5) is 5.69 Å². The summed E-state index contributed by atoms with van der Waals surface area (Å²) in [7, 11) is 1.47. The van der Waals surface area contributed by atoms with E-state index in [2.05, 4.69) is 0 Å². The number of piperazine rings is 1. The van der Waals surface area contributed by atoms with E-state index in [1.54, 1.807) is 29.2 Å². The third-order valence-electron chi connectivity index (χ3n) is 4.32. The number of carboxylic acids is 1. The lowest BCUT2D eigenvalue weighted by Gasteiger charge is -2.32. The van der Waals surface area contributed by atoms with Crippen LogP contribution in [0.25, 0.3) is 0 Å². The monoisotopic (exact) mass is 288 g/mol. The highest BCUT2D eigenvalue weighted by Crippen LogP contribution is 2.49. The molecule has 21 heavy (non-hydrogen) atoms. The molecule has 3 rings (SSSR count). The molecule has 1 N–H and O–H groups in total. The van der Waals surface area contributed by atoms with Gasteiger partial charge < -0.3 is 10.0 Å². The molecule has 1 heterocycles. The standard InChI is InChI=1S/C15H16N2O4/c1-16-12(18)8-17(9-13(16)19)11-4-2-3-10(7-11)15(5-6-15)14(20)21/h2-4,7H,5-6,8-9H2,1H3,(H,20,21). The van der Waals surface area contributed by atoms with Crippen LogP contribution in [0.3, 0.4) is 0 Å². The molecule has 2 fully saturated rings. The van der Waals surface area contributed by atoms with Gasteiger partial charge in [-0.25, -0.2) is 0 Å². The van der Waals surface area contributed by atoms with Gasteiger partial charge in [0.15, 0.2) is 0 Å². The molecule has 0 aromatic heterocycles. The lowest BCUT2D eigenvalue weighted by atomic mass is 9.95. The molecule has 1 aromatic rings. The first kappa shape index (κ1) is 13.6. The van der Waals surface area contributed by atoms with Crippen molar-refractivity contribution in [1.29, 1.82) is 0 Å². The van der Waals surface area contributed by atoms with Gasteiger partial charge in [0.2, 0.25) is 11.8 Å². The van der Waals surface area contributed by atoms with Crippen LogP contribution in [0.5, 0.6) is 0 Å². The van der Waals surface area contributed by atoms with Gasteiger partial charge in [0.25, 0.3) is 0 Å². The van der Waals surface area contributed by atoms with Crippen molar-refractivity contribution in [3.05, 3.63) is 29.8 Å². The minimum absolute atomic E-state index is 0.131. The molecule has 0 radical (unpaired) electrons. The maximum Gasteiger partial charge on any atom is 0.314 e. The number of amides is 2. The van der Waals surface area contributed by atoms with Gasteiger partial charge >= 0.3 is 5.97 Å². The number of anilines is 1. The highest BCUT2D eigenvalue weighted by atomic mass is 16.4. The normalized spacial score (nSPS) is 20.6. The van der Waals surface area contributed by atoms with Gasteiger partial charge in [0, 0.05) is 12.7 Å². The number of imide groups is 1. The maximum atomic E-state index is 11.8. The zero-order valence-electron chi connectivity index (χ0n) is 11.7.